The van der Waals surface area contributed by atoms with Gasteiger partial charge in [0.1, 0.15) is 11.2 Å². The number of pyridine rings is 2. The Morgan fingerprint density at radius 1 is 1.10 bits per heavy atom. The van der Waals surface area contributed by atoms with E-state index in [1.807, 2.05) is 24.4 Å². The van der Waals surface area contributed by atoms with E-state index in [1.54, 1.807) is 12.3 Å². The highest BCUT2D eigenvalue weighted by atomic mass is 32.1. The number of benzene rings is 1. The van der Waals surface area contributed by atoms with Crippen LogP contribution in [0.15, 0.2) is 78.0 Å². The van der Waals surface area contributed by atoms with Crippen molar-refractivity contribution in [1.82, 2.24) is 19.9 Å². The second kappa shape index (κ2) is 11.4. The van der Waals surface area contributed by atoms with Crippen LogP contribution in [0.3, 0.4) is 0 Å². The van der Waals surface area contributed by atoms with E-state index >= 15 is 0 Å². The summed E-state index contributed by atoms with van der Waals surface area (Å²) >= 11 is 1.33. The van der Waals surface area contributed by atoms with Gasteiger partial charge in [0, 0.05) is 39.3 Å². The van der Waals surface area contributed by atoms with E-state index < -0.39 is 41.5 Å². The Balaban J connectivity index is 0.00000353. The summed E-state index contributed by atoms with van der Waals surface area (Å²) in [5.41, 5.74) is 1.10. The molecule has 8 nitrogen and oxygen atoms in total. The first-order chi connectivity index (χ1) is 18.3. The van der Waals surface area contributed by atoms with Crippen molar-refractivity contribution in [2.24, 2.45) is 0 Å². The van der Waals surface area contributed by atoms with Gasteiger partial charge in [-0.2, -0.15) is 0 Å². The maximum atomic E-state index is 13.6. The molecule has 0 fully saturated rings. The zero-order chi connectivity index (χ0) is 26.8. The van der Waals surface area contributed by atoms with Crippen LogP contribution in [0.2, 0.25) is 0 Å². The molecule has 0 spiro atoms. The molecule has 0 aliphatic heterocycles. The number of nitrogens with one attached hydrogen (secondary N) is 2. The Hall–Kier alpha value is -4.64. The Labute approximate surface area is 225 Å². The quantitative estimate of drug-likeness (QED) is 0.240. The lowest BCUT2D eigenvalue weighted by Crippen LogP contribution is -2.35. The van der Waals surface area contributed by atoms with Crippen molar-refractivity contribution in [3.05, 3.63) is 111 Å². The van der Waals surface area contributed by atoms with E-state index in [2.05, 4.69) is 15.3 Å². The number of halogens is 2. The van der Waals surface area contributed by atoms with Gasteiger partial charge in [-0.25, -0.2) is 13.8 Å². The third-order valence-corrected chi connectivity index (χ3v) is 7.20. The molecule has 0 saturated heterocycles. The van der Waals surface area contributed by atoms with Gasteiger partial charge < -0.3 is 20.0 Å². The second-order valence-corrected chi connectivity index (χ2v) is 9.65. The highest BCUT2D eigenvalue weighted by Gasteiger charge is 2.23. The highest BCUT2D eigenvalue weighted by Crippen LogP contribution is 2.36. The lowest BCUT2D eigenvalue weighted by molar-refractivity contribution is -0.137. The molecule has 0 radical (unpaired) electrons. The van der Waals surface area contributed by atoms with Gasteiger partial charge in [-0.05, 0) is 54.1 Å². The molecule has 1 aromatic carbocycles. The summed E-state index contributed by atoms with van der Waals surface area (Å²) in [5.74, 6) is -3.91. The Morgan fingerprint density at radius 2 is 1.92 bits per heavy atom. The first-order valence-electron chi connectivity index (χ1n) is 11.5. The number of aromatic nitrogens is 3. The number of amides is 1. The van der Waals surface area contributed by atoms with Gasteiger partial charge in [0.15, 0.2) is 11.6 Å². The van der Waals surface area contributed by atoms with E-state index in [0.29, 0.717) is 10.4 Å². The molecule has 200 valence electrons. The van der Waals surface area contributed by atoms with Gasteiger partial charge in [0.25, 0.3) is 11.5 Å². The van der Waals surface area contributed by atoms with Crippen molar-refractivity contribution in [3.8, 4) is 10.4 Å². The minimum absolute atomic E-state index is 0. The molecule has 4 heterocycles. The lowest BCUT2D eigenvalue weighted by Gasteiger charge is -2.16. The molecular formula is C28H24F2N4O4S. The Bertz CT molecular complexity index is 1730. The number of carboxylic acids is 1. The van der Waals surface area contributed by atoms with Gasteiger partial charge in [-0.15, -0.1) is 11.3 Å². The third kappa shape index (κ3) is 5.78. The van der Waals surface area contributed by atoms with E-state index in [-0.39, 0.29) is 19.5 Å². The average Bonchev–Trinajstić information content (AvgIpc) is 3.54. The van der Waals surface area contributed by atoms with E-state index in [1.165, 1.54) is 40.3 Å². The molecule has 5 aromatic rings. The molecule has 0 unspecified atom stereocenters. The summed E-state index contributed by atoms with van der Waals surface area (Å²) in [4.78, 5) is 46.6. The van der Waals surface area contributed by atoms with Crippen LogP contribution >= 0.6 is 11.3 Å². The van der Waals surface area contributed by atoms with E-state index in [9.17, 15) is 28.3 Å². The molecule has 0 aliphatic rings. The maximum absolute atomic E-state index is 13.6. The molecule has 39 heavy (non-hydrogen) atoms. The molecular weight excluding hydrogens is 526 g/mol. The number of H-pyrrole nitrogens is 1. The predicted octanol–water partition coefficient (Wildman–Crippen LogP) is 5.36. The average molecular weight is 551 g/mol. The fourth-order valence-electron chi connectivity index (χ4n) is 4.15. The minimum atomic E-state index is -1.12. The number of hydrogen-bond donors (Lipinski definition) is 3. The molecule has 4 aromatic heterocycles. The van der Waals surface area contributed by atoms with Gasteiger partial charge in [-0.3, -0.25) is 14.4 Å². The Morgan fingerprint density at radius 3 is 2.69 bits per heavy atom. The molecule has 0 saturated carbocycles. The van der Waals surface area contributed by atoms with Crippen molar-refractivity contribution in [3.63, 3.8) is 0 Å². The first-order valence-corrected chi connectivity index (χ1v) is 12.3. The fourth-order valence-corrected chi connectivity index (χ4v) is 5.24. The summed E-state index contributed by atoms with van der Waals surface area (Å²) in [7, 11) is 0. The number of aromatic amines is 1. The summed E-state index contributed by atoms with van der Waals surface area (Å²) < 4.78 is 28.0. The molecule has 1 atom stereocenters. The van der Waals surface area contributed by atoms with Gasteiger partial charge >= 0.3 is 5.97 Å². The van der Waals surface area contributed by atoms with Crippen LogP contribution in [-0.4, -0.2) is 31.5 Å². The molecule has 1 amide bonds. The largest absolute Gasteiger partial charge is 0.481 e. The number of rotatable bonds is 8. The lowest BCUT2D eigenvalue weighted by atomic mass is 10.1. The van der Waals surface area contributed by atoms with Crippen molar-refractivity contribution >= 4 is 34.2 Å². The molecule has 5 rings (SSSR count). The number of nitrogens with zero attached hydrogens (tertiary/aromatic N) is 2. The van der Waals surface area contributed by atoms with Crippen molar-refractivity contribution < 1.29 is 23.5 Å². The standard InChI is InChI=1S/C27H20F2N4O4S.CH4/c28-19-6-5-15(11-20(19)29)14-33-10-2-4-17(27(33)37)26(36)32-21(12-24(34)35)23-8-7-22(38-23)18-13-31-25-16(18)3-1-9-30-25;/h1-11,13,21H,12,14H2,(H,30,31)(H,32,36)(H,34,35);1H4/t21-;/m1./s1. The summed E-state index contributed by atoms with van der Waals surface area (Å²) in [6.07, 6.45) is 4.53. The van der Waals surface area contributed by atoms with Crippen molar-refractivity contribution in [2.75, 3.05) is 0 Å². The summed E-state index contributed by atoms with van der Waals surface area (Å²) in [6.45, 7) is -0.0799. The number of carbonyl (C=O) groups excluding carboxylic acids is 1. The van der Waals surface area contributed by atoms with Gasteiger partial charge in [-0.1, -0.05) is 13.5 Å². The van der Waals surface area contributed by atoms with Gasteiger partial charge in [0.2, 0.25) is 0 Å². The molecule has 0 aliphatic carbocycles. The number of carbonyl (C=O) groups is 2. The fraction of sp³-hybridized carbons (Fsp3) is 0.143. The third-order valence-electron chi connectivity index (χ3n) is 5.97. The summed E-state index contributed by atoms with van der Waals surface area (Å²) in [5, 5.41) is 13.1. The number of carboxylic acid groups (broad SMARTS) is 1. The zero-order valence-corrected chi connectivity index (χ0v) is 20.5. The predicted molar refractivity (Wildman–Crippen MR) is 145 cm³/mol. The van der Waals surface area contributed by atoms with Crippen LogP contribution in [0.1, 0.15) is 40.7 Å². The first kappa shape index (κ1) is 27.4. The monoisotopic (exact) mass is 550 g/mol. The number of thiophene rings is 1. The normalized spacial score (nSPS) is 11.6. The van der Waals surface area contributed by atoms with Crippen LogP contribution in [0, 0.1) is 11.6 Å². The van der Waals surface area contributed by atoms with Crippen molar-refractivity contribution in [1.29, 1.82) is 0 Å². The Kier molecular flexibility index (Phi) is 8.01. The topological polar surface area (TPSA) is 117 Å². The number of fused-ring (bicyclic) bond motifs is 1. The van der Waals surface area contributed by atoms with E-state index in [0.717, 1.165) is 33.6 Å². The SMILES string of the molecule is C.O=C(O)C[C@@H](NC(=O)c1cccn(Cc2ccc(F)c(F)c2)c1=O)c1ccc(-c2c[nH]c3ncccc23)s1. The minimum Gasteiger partial charge on any atom is -0.481 e. The van der Waals surface area contributed by atoms with Crippen LogP contribution in [0.4, 0.5) is 8.78 Å². The summed E-state index contributed by atoms with van der Waals surface area (Å²) in [6, 6.07) is 12.5. The van der Waals surface area contributed by atoms with Crippen molar-refractivity contribution in [2.45, 2.75) is 26.4 Å². The van der Waals surface area contributed by atoms with Crippen LogP contribution in [0.5, 0.6) is 0 Å². The highest BCUT2D eigenvalue weighted by molar-refractivity contribution is 7.15. The molecule has 3 N–H and O–H groups in total. The number of aliphatic carboxylic acids is 1. The zero-order valence-electron chi connectivity index (χ0n) is 19.7. The van der Waals surface area contributed by atoms with Crippen LogP contribution in [-0.2, 0) is 11.3 Å². The molecule has 0 bridgehead atoms. The van der Waals surface area contributed by atoms with E-state index in [4.69, 9.17) is 0 Å². The second-order valence-electron chi connectivity index (χ2n) is 8.53. The maximum Gasteiger partial charge on any atom is 0.305 e. The number of hydrogen-bond acceptors (Lipinski definition) is 5. The van der Waals surface area contributed by atoms with Crippen LogP contribution < -0.4 is 10.9 Å². The van der Waals surface area contributed by atoms with Gasteiger partial charge in [0.05, 0.1) is 19.0 Å². The smallest absolute Gasteiger partial charge is 0.305 e. The van der Waals surface area contributed by atoms with Crippen LogP contribution in [0.25, 0.3) is 21.5 Å². The molecule has 11 heteroatoms.